The van der Waals surface area contributed by atoms with E-state index in [1.807, 2.05) is 48.5 Å². The lowest BCUT2D eigenvalue weighted by Crippen LogP contribution is -1.94. The third-order valence-corrected chi connectivity index (χ3v) is 2.89. The molecule has 0 fully saturated rings. The number of hydrogen-bond donors (Lipinski definition) is 0. The number of pyridine rings is 3. The van der Waals surface area contributed by atoms with Crippen molar-refractivity contribution in [2.75, 3.05) is 7.11 Å². The van der Waals surface area contributed by atoms with E-state index in [0.717, 1.165) is 28.5 Å². The van der Waals surface area contributed by atoms with Gasteiger partial charge in [0.05, 0.1) is 29.9 Å². The molecule has 4 heteroatoms. The Bertz CT molecular complexity index is 642. The molecule has 0 N–H and O–H groups in total. The van der Waals surface area contributed by atoms with Gasteiger partial charge in [-0.3, -0.25) is 9.97 Å². The monoisotopic (exact) mass is 263 g/mol. The van der Waals surface area contributed by atoms with Crippen LogP contribution in [0.5, 0.6) is 5.75 Å². The van der Waals surface area contributed by atoms with E-state index in [9.17, 15) is 0 Å². The summed E-state index contributed by atoms with van der Waals surface area (Å²) in [6.07, 6.45) is 3.49. The molecule has 0 unspecified atom stereocenters. The molecular weight excluding hydrogens is 250 g/mol. The summed E-state index contributed by atoms with van der Waals surface area (Å²) in [5, 5.41) is 0. The molecule has 0 saturated carbocycles. The smallest absolute Gasteiger partial charge is 0.123 e. The fourth-order valence-corrected chi connectivity index (χ4v) is 1.91. The van der Waals surface area contributed by atoms with E-state index in [-0.39, 0.29) is 0 Å². The highest BCUT2D eigenvalue weighted by Crippen LogP contribution is 2.25. The van der Waals surface area contributed by atoms with Crippen LogP contribution in [0.15, 0.2) is 60.9 Å². The first-order valence-corrected chi connectivity index (χ1v) is 6.26. The van der Waals surface area contributed by atoms with Gasteiger partial charge in [0, 0.05) is 24.5 Å². The number of nitrogens with zero attached hydrogens (tertiary/aromatic N) is 3. The van der Waals surface area contributed by atoms with Gasteiger partial charge in [-0.15, -0.1) is 0 Å². The second-order valence-electron chi connectivity index (χ2n) is 4.21. The Hall–Kier alpha value is -2.75. The Balaban J connectivity index is 2.13. The molecule has 0 saturated heterocycles. The average molecular weight is 263 g/mol. The van der Waals surface area contributed by atoms with Gasteiger partial charge in [0.1, 0.15) is 5.75 Å². The molecule has 4 nitrogen and oxygen atoms in total. The molecule has 0 bridgehead atoms. The van der Waals surface area contributed by atoms with E-state index >= 15 is 0 Å². The Labute approximate surface area is 117 Å². The van der Waals surface area contributed by atoms with Crippen molar-refractivity contribution in [1.29, 1.82) is 0 Å². The molecule has 0 aliphatic heterocycles. The zero-order valence-corrected chi connectivity index (χ0v) is 11.0. The zero-order chi connectivity index (χ0) is 13.8. The zero-order valence-electron chi connectivity index (χ0n) is 11.0. The SMILES string of the molecule is COc1cc(-c2ccccn2)nc(-c2ccccn2)c1. The van der Waals surface area contributed by atoms with E-state index in [1.54, 1.807) is 19.5 Å². The standard InChI is InChI=1S/C16H13N3O/c1-20-12-10-15(13-6-2-4-8-17-13)19-16(11-12)14-7-3-5-9-18-14/h2-11H,1H3. The predicted molar refractivity (Wildman–Crippen MR) is 77.3 cm³/mol. The van der Waals surface area contributed by atoms with Crippen molar-refractivity contribution in [3.63, 3.8) is 0 Å². The Kier molecular flexibility index (Phi) is 3.37. The number of ether oxygens (including phenoxy) is 1. The maximum atomic E-state index is 5.34. The van der Waals surface area contributed by atoms with Crippen LogP contribution in [-0.2, 0) is 0 Å². The molecular formula is C16H13N3O. The molecule has 0 aliphatic rings. The average Bonchev–Trinajstić information content (AvgIpc) is 2.56. The molecule has 0 amide bonds. The van der Waals surface area contributed by atoms with Gasteiger partial charge in [-0.1, -0.05) is 12.1 Å². The van der Waals surface area contributed by atoms with Crippen molar-refractivity contribution >= 4 is 0 Å². The minimum Gasteiger partial charge on any atom is -0.497 e. The van der Waals surface area contributed by atoms with Crippen molar-refractivity contribution in [1.82, 2.24) is 15.0 Å². The van der Waals surface area contributed by atoms with Crippen molar-refractivity contribution in [2.45, 2.75) is 0 Å². The lowest BCUT2D eigenvalue weighted by molar-refractivity contribution is 0.414. The van der Waals surface area contributed by atoms with Crippen LogP contribution in [0.3, 0.4) is 0 Å². The second kappa shape index (κ2) is 5.48. The van der Waals surface area contributed by atoms with E-state index in [1.165, 1.54) is 0 Å². The minimum atomic E-state index is 0.737. The van der Waals surface area contributed by atoms with Gasteiger partial charge in [0.25, 0.3) is 0 Å². The molecule has 0 aromatic carbocycles. The molecule has 3 aromatic rings. The van der Waals surface area contributed by atoms with Gasteiger partial charge in [-0.05, 0) is 24.3 Å². The topological polar surface area (TPSA) is 47.9 Å². The van der Waals surface area contributed by atoms with Crippen LogP contribution in [0, 0.1) is 0 Å². The summed E-state index contributed by atoms with van der Waals surface area (Å²) in [5.41, 5.74) is 3.16. The van der Waals surface area contributed by atoms with Gasteiger partial charge in [0.2, 0.25) is 0 Å². The second-order valence-corrected chi connectivity index (χ2v) is 4.21. The highest BCUT2D eigenvalue weighted by molar-refractivity contribution is 5.64. The predicted octanol–water partition coefficient (Wildman–Crippen LogP) is 3.21. The highest BCUT2D eigenvalue weighted by Gasteiger charge is 2.08. The van der Waals surface area contributed by atoms with Crippen LogP contribution >= 0.6 is 0 Å². The maximum absolute atomic E-state index is 5.34. The summed E-state index contributed by atoms with van der Waals surface area (Å²) < 4.78 is 5.34. The van der Waals surface area contributed by atoms with E-state index in [0.29, 0.717) is 0 Å². The van der Waals surface area contributed by atoms with Gasteiger partial charge < -0.3 is 4.74 Å². The van der Waals surface area contributed by atoms with Gasteiger partial charge in [-0.25, -0.2) is 4.98 Å². The van der Waals surface area contributed by atoms with E-state index in [4.69, 9.17) is 4.74 Å². The number of rotatable bonds is 3. The molecule has 3 aromatic heterocycles. The van der Waals surface area contributed by atoms with Crippen molar-refractivity contribution < 1.29 is 4.74 Å². The molecule has 3 rings (SSSR count). The third-order valence-electron chi connectivity index (χ3n) is 2.89. The molecule has 98 valence electrons. The summed E-state index contributed by atoms with van der Waals surface area (Å²) in [7, 11) is 1.64. The summed E-state index contributed by atoms with van der Waals surface area (Å²) in [4.78, 5) is 13.3. The van der Waals surface area contributed by atoms with Crippen molar-refractivity contribution in [2.24, 2.45) is 0 Å². The summed E-state index contributed by atoms with van der Waals surface area (Å²) in [6.45, 7) is 0. The quantitative estimate of drug-likeness (QED) is 0.728. The largest absolute Gasteiger partial charge is 0.497 e. The first-order valence-electron chi connectivity index (χ1n) is 6.26. The van der Waals surface area contributed by atoms with E-state index < -0.39 is 0 Å². The van der Waals surface area contributed by atoms with Gasteiger partial charge in [0.15, 0.2) is 0 Å². The van der Waals surface area contributed by atoms with Crippen LogP contribution in [0.25, 0.3) is 22.8 Å². The molecule has 0 atom stereocenters. The van der Waals surface area contributed by atoms with Crippen molar-refractivity contribution in [3.8, 4) is 28.5 Å². The van der Waals surface area contributed by atoms with Crippen LogP contribution in [0.4, 0.5) is 0 Å². The molecule has 20 heavy (non-hydrogen) atoms. The van der Waals surface area contributed by atoms with Crippen LogP contribution in [0.2, 0.25) is 0 Å². The Morgan fingerprint density at radius 2 is 1.30 bits per heavy atom. The Morgan fingerprint density at radius 1 is 0.750 bits per heavy atom. The summed E-state index contributed by atoms with van der Waals surface area (Å²) >= 11 is 0. The Morgan fingerprint density at radius 3 is 1.70 bits per heavy atom. The van der Waals surface area contributed by atoms with Gasteiger partial charge >= 0.3 is 0 Å². The molecule has 3 heterocycles. The highest BCUT2D eigenvalue weighted by atomic mass is 16.5. The van der Waals surface area contributed by atoms with Crippen molar-refractivity contribution in [3.05, 3.63) is 60.9 Å². The maximum Gasteiger partial charge on any atom is 0.123 e. The number of aromatic nitrogens is 3. The summed E-state index contributed by atoms with van der Waals surface area (Å²) in [6, 6.07) is 15.2. The first kappa shape index (κ1) is 12.3. The van der Waals surface area contributed by atoms with Crippen LogP contribution in [0.1, 0.15) is 0 Å². The fraction of sp³-hybridized carbons (Fsp3) is 0.0625. The molecule has 0 spiro atoms. The number of methoxy groups -OCH3 is 1. The van der Waals surface area contributed by atoms with Gasteiger partial charge in [-0.2, -0.15) is 0 Å². The third kappa shape index (κ3) is 2.49. The van der Waals surface area contributed by atoms with Crippen LogP contribution in [-0.4, -0.2) is 22.1 Å². The molecule has 0 radical (unpaired) electrons. The first-order chi connectivity index (χ1) is 9.86. The summed E-state index contributed by atoms with van der Waals surface area (Å²) in [5.74, 6) is 0.737. The minimum absolute atomic E-state index is 0.737. The lowest BCUT2D eigenvalue weighted by atomic mass is 10.2. The number of hydrogen-bond acceptors (Lipinski definition) is 4. The lowest BCUT2D eigenvalue weighted by Gasteiger charge is -2.07. The molecule has 0 aliphatic carbocycles. The van der Waals surface area contributed by atoms with Crippen LogP contribution < -0.4 is 4.74 Å². The fourth-order valence-electron chi connectivity index (χ4n) is 1.91. The van der Waals surface area contributed by atoms with E-state index in [2.05, 4.69) is 15.0 Å². The normalized spacial score (nSPS) is 10.2.